The Hall–Kier alpha value is -2.59. The van der Waals surface area contributed by atoms with Crippen molar-refractivity contribution in [2.24, 2.45) is 0 Å². The molecular weight excluding hydrogens is 308 g/mol. The maximum Gasteiger partial charge on any atom is 0.206 e. The summed E-state index contributed by atoms with van der Waals surface area (Å²) in [6, 6.07) is 20.2. The Bertz CT molecular complexity index is 1020. The van der Waals surface area contributed by atoms with Gasteiger partial charge in [-0.05, 0) is 35.0 Å². The third kappa shape index (κ3) is 2.32. The van der Waals surface area contributed by atoms with Crippen LogP contribution in [0.5, 0.6) is 5.75 Å². The molecule has 0 unspecified atom stereocenters. The molecule has 0 fully saturated rings. The first kappa shape index (κ1) is 14.0. The molecule has 0 radical (unpaired) electrons. The molecule has 0 N–H and O–H groups in total. The molecule has 0 atom stereocenters. The fraction of sp³-hybridized carbons (Fsp3) is 0.0526. The first-order valence-electron chi connectivity index (χ1n) is 7.31. The van der Waals surface area contributed by atoms with Crippen molar-refractivity contribution < 1.29 is 13.2 Å². The van der Waals surface area contributed by atoms with E-state index in [0.29, 0.717) is 4.90 Å². The van der Waals surface area contributed by atoms with Gasteiger partial charge in [-0.3, -0.25) is 0 Å². The van der Waals surface area contributed by atoms with E-state index >= 15 is 0 Å². The molecule has 0 saturated heterocycles. The van der Waals surface area contributed by atoms with E-state index < -0.39 is 9.84 Å². The Labute approximate surface area is 134 Å². The summed E-state index contributed by atoms with van der Waals surface area (Å²) in [6.07, 6.45) is 1.74. The normalized spacial score (nSPS) is 14.0. The Morgan fingerprint density at radius 1 is 0.826 bits per heavy atom. The van der Waals surface area contributed by atoms with E-state index in [-0.39, 0.29) is 11.5 Å². The molecule has 4 heteroatoms. The molecule has 1 aliphatic rings. The summed E-state index contributed by atoms with van der Waals surface area (Å²) < 4.78 is 31.3. The van der Waals surface area contributed by atoms with Gasteiger partial charge in [0.15, 0.2) is 0 Å². The Morgan fingerprint density at radius 2 is 1.57 bits per heavy atom. The van der Waals surface area contributed by atoms with Gasteiger partial charge >= 0.3 is 0 Å². The van der Waals surface area contributed by atoms with E-state index in [0.717, 1.165) is 22.1 Å². The first-order valence-corrected chi connectivity index (χ1v) is 8.80. The summed E-state index contributed by atoms with van der Waals surface area (Å²) in [4.78, 5) is 0.575. The van der Waals surface area contributed by atoms with Crippen molar-refractivity contribution >= 4 is 26.7 Å². The lowest BCUT2D eigenvalue weighted by molar-refractivity contribution is 0.354. The molecular formula is C19H14O3S. The minimum atomic E-state index is -3.54. The molecule has 1 aliphatic heterocycles. The number of rotatable bonds is 2. The molecule has 0 amide bonds. The summed E-state index contributed by atoms with van der Waals surface area (Å²) in [5.74, 6) is 0.718. The van der Waals surface area contributed by atoms with Gasteiger partial charge in [0.25, 0.3) is 0 Å². The van der Waals surface area contributed by atoms with Crippen molar-refractivity contribution in [3.05, 3.63) is 77.2 Å². The van der Waals surface area contributed by atoms with Crippen LogP contribution in [0.3, 0.4) is 0 Å². The SMILES string of the molecule is O=S(=O)(C1=Cc2c(ccc3ccccc23)OC1)c1ccccc1. The highest BCUT2D eigenvalue weighted by Gasteiger charge is 2.25. The quantitative estimate of drug-likeness (QED) is 0.715. The van der Waals surface area contributed by atoms with Crippen molar-refractivity contribution in [3.8, 4) is 5.75 Å². The minimum absolute atomic E-state index is 0.0581. The fourth-order valence-corrected chi connectivity index (χ4v) is 4.11. The highest BCUT2D eigenvalue weighted by molar-refractivity contribution is 7.95. The van der Waals surface area contributed by atoms with E-state index in [1.165, 1.54) is 0 Å². The van der Waals surface area contributed by atoms with Crippen LogP contribution in [0.1, 0.15) is 5.56 Å². The number of fused-ring (bicyclic) bond motifs is 3. The van der Waals surface area contributed by atoms with E-state index in [1.807, 2.05) is 36.4 Å². The van der Waals surface area contributed by atoms with Crippen molar-refractivity contribution in [1.82, 2.24) is 0 Å². The van der Waals surface area contributed by atoms with Crippen LogP contribution in [0.4, 0.5) is 0 Å². The lowest BCUT2D eigenvalue weighted by Gasteiger charge is -2.19. The number of sulfone groups is 1. The van der Waals surface area contributed by atoms with Crippen LogP contribution in [0.2, 0.25) is 0 Å². The van der Waals surface area contributed by atoms with Crippen LogP contribution in [-0.2, 0) is 9.84 Å². The highest BCUT2D eigenvalue weighted by atomic mass is 32.2. The standard InChI is InChI=1S/C19H14O3S/c20-23(21,15-7-2-1-3-8-15)16-12-18-17-9-5-4-6-14(17)10-11-19(18)22-13-16/h1-12H,13H2. The number of hydrogen-bond donors (Lipinski definition) is 0. The average molecular weight is 322 g/mol. The maximum atomic E-state index is 12.8. The van der Waals surface area contributed by atoms with Gasteiger partial charge in [-0.25, -0.2) is 8.42 Å². The van der Waals surface area contributed by atoms with Crippen molar-refractivity contribution in [2.75, 3.05) is 6.61 Å². The molecule has 4 rings (SSSR count). The van der Waals surface area contributed by atoms with E-state index in [9.17, 15) is 8.42 Å². The third-order valence-corrected chi connectivity index (χ3v) is 5.82. The number of ether oxygens (including phenoxy) is 1. The minimum Gasteiger partial charge on any atom is -0.488 e. The van der Waals surface area contributed by atoms with Crippen LogP contribution in [0.25, 0.3) is 16.8 Å². The van der Waals surface area contributed by atoms with E-state index in [1.54, 1.807) is 36.4 Å². The van der Waals surface area contributed by atoms with Crippen LogP contribution >= 0.6 is 0 Å². The number of benzene rings is 3. The first-order chi connectivity index (χ1) is 11.2. The second-order valence-electron chi connectivity index (χ2n) is 5.41. The summed E-state index contributed by atoms with van der Waals surface area (Å²) in [7, 11) is -3.54. The average Bonchev–Trinajstić information content (AvgIpc) is 2.62. The predicted molar refractivity (Wildman–Crippen MR) is 91.0 cm³/mol. The monoisotopic (exact) mass is 322 g/mol. The summed E-state index contributed by atoms with van der Waals surface area (Å²) in [6.45, 7) is 0.0581. The van der Waals surface area contributed by atoms with E-state index in [2.05, 4.69) is 0 Å². The van der Waals surface area contributed by atoms with Crippen LogP contribution in [-0.4, -0.2) is 15.0 Å². The second-order valence-corrected chi connectivity index (χ2v) is 7.42. The van der Waals surface area contributed by atoms with Gasteiger partial charge in [0.2, 0.25) is 9.84 Å². The van der Waals surface area contributed by atoms with Crippen LogP contribution < -0.4 is 4.74 Å². The molecule has 114 valence electrons. The zero-order chi connectivity index (χ0) is 15.9. The molecule has 3 aromatic carbocycles. The lowest BCUT2D eigenvalue weighted by atomic mass is 10.0. The van der Waals surface area contributed by atoms with Crippen molar-refractivity contribution in [2.45, 2.75) is 4.90 Å². The summed E-state index contributed by atoms with van der Waals surface area (Å²) >= 11 is 0. The third-order valence-electron chi connectivity index (χ3n) is 4.00. The lowest BCUT2D eigenvalue weighted by Crippen LogP contribution is -2.15. The maximum absolute atomic E-state index is 12.8. The zero-order valence-corrected chi connectivity index (χ0v) is 13.1. The van der Waals surface area contributed by atoms with E-state index in [4.69, 9.17) is 4.74 Å². The van der Waals surface area contributed by atoms with Gasteiger partial charge in [-0.15, -0.1) is 0 Å². The van der Waals surface area contributed by atoms with Crippen LogP contribution in [0, 0.1) is 0 Å². The summed E-state index contributed by atoms with van der Waals surface area (Å²) in [5, 5.41) is 2.05. The van der Waals surface area contributed by atoms with Gasteiger partial charge in [0, 0.05) is 5.56 Å². The van der Waals surface area contributed by atoms with Gasteiger partial charge in [-0.1, -0.05) is 48.5 Å². The molecule has 3 aromatic rings. The van der Waals surface area contributed by atoms with Gasteiger partial charge in [0.05, 0.1) is 9.80 Å². The molecule has 3 nitrogen and oxygen atoms in total. The van der Waals surface area contributed by atoms with Crippen molar-refractivity contribution in [3.63, 3.8) is 0 Å². The zero-order valence-electron chi connectivity index (χ0n) is 12.3. The Kier molecular flexibility index (Phi) is 3.20. The van der Waals surface area contributed by atoms with Crippen LogP contribution in [0.15, 0.2) is 76.5 Å². The smallest absolute Gasteiger partial charge is 0.206 e. The summed E-state index contributed by atoms with van der Waals surface area (Å²) in [5.41, 5.74) is 0.823. The number of hydrogen-bond acceptors (Lipinski definition) is 3. The fourth-order valence-electron chi connectivity index (χ4n) is 2.81. The molecule has 0 aromatic heterocycles. The second kappa shape index (κ2) is 5.25. The molecule has 1 heterocycles. The molecule has 0 spiro atoms. The topological polar surface area (TPSA) is 43.4 Å². The predicted octanol–water partition coefficient (Wildman–Crippen LogP) is 4.05. The largest absolute Gasteiger partial charge is 0.488 e. The Balaban J connectivity index is 1.91. The van der Waals surface area contributed by atoms with Crippen molar-refractivity contribution in [1.29, 1.82) is 0 Å². The molecule has 0 aliphatic carbocycles. The molecule has 23 heavy (non-hydrogen) atoms. The van der Waals surface area contributed by atoms with Gasteiger partial charge < -0.3 is 4.74 Å². The molecule has 0 saturated carbocycles. The van der Waals surface area contributed by atoms with Gasteiger partial charge in [-0.2, -0.15) is 0 Å². The molecule has 0 bridgehead atoms. The van der Waals surface area contributed by atoms with Gasteiger partial charge in [0.1, 0.15) is 12.4 Å². The highest BCUT2D eigenvalue weighted by Crippen LogP contribution is 2.35. The Morgan fingerprint density at radius 3 is 2.39 bits per heavy atom.